The smallest absolute Gasteiger partial charge is 0.368 e. The number of nitrogens with one attached hydrogen (secondary N) is 1. The predicted octanol–water partition coefficient (Wildman–Crippen LogP) is 4.62. The number of nitrogens with two attached hydrogens (primary N) is 1. The summed E-state index contributed by atoms with van der Waals surface area (Å²) in [6.45, 7) is 12.5. The van der Waals surface area contributed by atoms with Gasteiger partial charge in [0, 0.05) is 91.1 Å². The summed E-state index contributed by atoms with van der Waals surface area (Å²) in [6, 6.07) is 3.68. The summed E-state index contributed by atoms with van der Waals surface area (Å²) in [6.07, 6.45) is 0. The minimum Gasteiger partial charge on any atom is -0.382 e. The Labute approximate surface area is 270 Å². The molecule has 2 aromatic heterocycles. The molecule has 2 rings (SSSR count). The van der Waals surface area contributed by atoms with E-state index in [0.29, 0.717) is 11.6 Å². The van der Waals surface area contributed by atoms with Crippen LogP contribution in [0.4, 0.5) is 11.6 Å². The van der Waals surface area contributed by atoms with Crippen molar-refractivity contribution in [2.75, 3.05) is 53.7 Å². The highest BCUT2D eigenvalue weighted by atomic mass is 35.5. The van der Waals surface area contributed by atoms with E-state index in [2.05, 4.69) is 50.1 Å². The number of hydrogen-bond donors (Lipinski definition) is 2. The highest BCUT2D eigenvalue weighted by Crippen LogP contribution is 2.53. The van der Waals surface area contributed by atoms with Crippen LogP contribution in [0.1, 0.15) is 52.9 Å². The quantitative estimate of drug-likeness (QED) is 0.243. The van der Waals surface area contributed by atoms with Crippen molar-refractivity contribution in [2.45, 2.75) is 64.1 Å². The number of amides is 1. The maximum absolute atomic E-state index is 12.3. The van der Waals surface area contributed by atoms with Crippen molar-refractivity contribution in [2.24, 2.45) is 14.1 Å². The van der Waals surface area contributed by atoms with Crippen LogP contribution in [-0.2, 0) is 71.2 Å². The first-order valence-corrected chi connectivity index (χ1v) is 16.9. The fraction of sp³-hybridized carbons (Fsp3) is 0.692. The van der Waals surface area contributed by atoms with E-state index < -0.39 is 38.0 Å². The first-order chi connectivity index (χ1) is 20.5. The molecule has 0 radical (unpaired) electrons. The van der Waals surface area contributed by atoms with Gasteiger partial charge in [-0.2, -0.15) is 10.2 Å². The minimum absolute atomic E-state index is 0.124. The number of anilines is 2. The number of hydrogen-bond acceptors (Lipinski definition) is 13. The summed E-state index contributed by atoms with van der Waals surface area (Å²) >= 11 is 5.09. The summed E-state index contributed by atoms with van der Waals surface area (Å²) in [4.78, 5) is 22.9. The van der Waals surface area contributed by atoms with Gasteiger partial charge in [-0.25, -0.2) is 0 Å². The van der Waals surface area contributed by atoms with Gasteiger partial charge in [-0.05, 0) is 11.6 Å². The SMILES string of the molecule is COC(C(=O)Cl)P(=O)(OC)OC.COC(C(=O)Nc1cc(C(C)(C)C)n(C)n1)P(=O)(OC)OC.Cn1nc(N)cc1C(C)(C)C. The number of nitrogens with zero attached hydrogens (tertiary/aromatic N) is 4. The summed E-state index contributed by atoms with van der Waals surface area (Å²) in [5, 5.41) is 9.96. The molecule has 2 unspecified atom stereocenters. The molecule has 0 bridgehead atoms. The molecule has 0 aliphatic rings. The average molecular weight is 703 g/mol. The van der Waals surface area contributed by atoms with E-state index in [-0.39, 0.29) is 10.8 Å². The van der Waals surface area contributed by atoms with Gasteiger partial charge in [-0.15, -0.1) is 0 Å². The van der Waals surface area contributed by atoms with E-state index in [0.717, 1.165) is 25.6 Å². The molecule has 0 aliphatic carbocycles. The normalized spacial score (nSPS) is 13.6. The van der Waals surface area contributed by atoms with Crippen LogP contribution in [0.25, 0.3) is 0 Å². The highest BCUT2D eigenvalue weighted by Gasteiger charge is 2.41. The molecule has 2 heterocycles. The number of rotatable bonds is 11. The second kappa shape index (κ2) is 17.7. The third-order valence-corrected chi connectivity index (χ3v) is 10.4. The number of aryl methyl sites for hydroxylation is 2. The van der Waals surface area contributed by atoms with Crippen molar-refractivity contribution in [3.05, 3.63) is 23.5 Å². The van der Waals surface area contributed by atoms with Gasteiger partial charge in [0.2, 0.25) is 11.7 Å². The molecule has 0 aliphatic heterocycles. The summed E-state index contributed by atoms with van der Waals surface area (Å²) in [5.41, 5.74) is 7.65. The van der Waals surface area contributed by atoms with Crippen LogP contribution in [0.15, 0.2) is 12.1 Å². The molecular weight excluding hydrogens is 654 g/mol. The number of nitrogen functional groups attached to an aromatic ring is 1. The third-order valence-electron chi connectivity index (χ3n) is 6.02. The second-order valence-corrected chi connectivity index (χ2v) is 16.3. The lowest BCUT2D eigenvalue weighted by Gasteiger charge is -2.21. The molecule has 0 spiro atoms. The van der Waals surface area contributed by atoms with E-state index in [1.807, 2.05) is 38.6 Å². The van der Waals surface area contributed by atoms with Crippen molar-refractivity contribution in [1.82, 2.24) is 19.6 Å². The number of halogens is 1. The first-order valence-electron chi connectivity index (χ1n) is 13.3. The van der Waals surface area contributed by atoms with Crippen LogP contribution in [0.2, 0.25) is 0 Å². The Hall–Kier alpha value is -2.13. The average Bonchev–Trinajstić information content (AvgIpc) is 3.49. The second-order valence-electron chi connectivity index (χ2n) is 11.4. The molecule has 2 aromatic rings. The van der Waals surface area contributed by atoms with Crippen molar-refractivity contribution < 1.29 is 46.3 Å². The van der Waals surface area contributed by atoms with Crippen molar-refractivity contribution in [3.8, 4) is 0 Å². The van der Waals surface area contributed by atoms with Gasteiger partial charge >= 0.3 is 15.2 Å². The van der Waals surface area contributed by atoms with Gasteiger partial charge in [-0.3, -0.25) is 28.1 Å². The van der Waals surface area contributed by atoms with Crippen molar-refractivity contribution in [3.63, 3.8) is 0 Å². The minimum atomic E-state index is -3.69. The Morgan fingerprint density at radius 1 is 0.778 bits per heavy atom. The molecule has 0 saturated carbocycles. The Balaban J connectivity index is 0.000000710. The Bertz CT molecular complexity index is 1340. The number of carbonyl (C=O) groups excluding carboxylic acids is 2. The fourth-order valence-electron chi connectivity index (χ4n) is 3.87. The lowest BCUT2D eigenvalue weighted by Crippen LogP contribution is -2.30. The first kappa shape index (κ1) is 42.9. The van der Waals surface area contributed by atoms with Gasteiger partial charge in [0.15, 0.2) is 5.82 Å². The molecule has 16 nitrogen and oxygen atoms in total. The third kappa shape index (κ3) is 12.2. The van der Waals surface area contributed by atoms with E-state index in [4.69, 9.17) is 31.1 Å². The molecule has 45 heavy (non-hydrogen) atoms. The zero-order valence-corrected chi connectivity index (χ0v) is 31.1. The van der Waals surface area contributed by atoms with Gasteiger partial charge < -0.3 is 38.6 Å². The Kier molecular flexibility index (Phi) is 16.9. The molecule has 260 valence electrons. The lowest BCUT2D eigenvalue weighted by molar-refractivity contribution is -0.122. The fourth-order valence-corrected chi connectivity index (χ4v) is 6.50. The maximum atomic E-state index is 12.3. The standard InChI is InChI=1S/C13H24N3O5P.C8H15N3.C5H10ClO5P/c1-13(2,3)9-8-10(15-16(9)4)14-11(17)12(19-5)22(18,20-6)21-7;1-8(2,3)6-5-7(9)10-11(6)4;1-9-5(4(6)7)12(8,10-2)11-3/h8,12H,1-7H3,(H,14,15,17);5H,1-4H3,(H2,9,10);5H,1-3H3. The zero-order valence-electron chi connectivity index (χ0n) is 28.5. The summed E-state index contributed by atoms with van der Waals surface area (Å²) < 4.78 is 55.4. The number of aromatic nitrogens is 4. The van der Waals surface area contributed by atoms with Crippen LogP contribution in [0, 0.1) is 0 Å². The van der Waals surface area contributed by atoms with Gasteiger partial charge in [-0.1, -0.05) is 41.5 Å². The molecule has 0 fully saturated rings. The molecule has 1 amide bonds. The predicted molar refractivity (Wildman–Crippen MR) is 173 cm³/mol. The lowest BCUT2D eigenvalue weighted by atomic mass is 9.92. The Morgan fingerprint density at radius 2 is 1.16 bits per heavy atom. The van der Waals surface area contributed by atoms with Crippen LogP contribution < -0.4 is 11.1 Å². The molecule has 3 N–H and O–H groups in total. The topological polar surface area (TPSA) is 197 Å². The number of ether oxygens (including phenoxy) is 2. The van der Waals surface area contributed by atoms with E-state index in [9.17, 15) is 18.7 Å². The van der Waals surface area contributed by atoms with Crippen LogP contribution in [-0.4, -0.2) is 85.1 Å². The molecule has 2 atom stereocenters. The van der Waals surface area contributed by atoms with Crippen LogP contribution in [0.5, 0.6) is 0 Å². The Morgan fingerprint density at radius 3 is 1.40 bits per heavy atom. The van der Waals surface area contributed by atoms with Crippen molar-refractivity contribution >= 4 is 49.6 Å². The number of carbonyl (C=O) groups is 2. The van der Waals surface area contributed by atoms with Crippen LogP contribution >= 0.6 is 26.8 Å². The molecule has 19 heteroatoms. The maximum Gasteiger partial charge on any atom is 0.368 e. The van der Waals surface area contributed by atoms with Crippen molar-refractivity contribution in [1.29, 1.82) is 0 Å². The van der Waals surface area contributed by atoms with Crippen LogP contribution in [0.3, 0.4) is 0 Å². The molecular formula is C26H49ClN6O10P2. The largest absolute Gasteiger partial charge is 0.382 e. The molecule has 0 aromatic carbocycles. The van der Waals surface area contributed by atoms with E-state index in [1.54, 1.807) is 17.8 Å². The number of methoxy groups -OCH3 is 2. The van der Waals surface area contributed by atoms with E-state index >= 15 is 0 Å². The summed E-state index contributed by atoms with van der Waals surface area (Å²) in [5.74, 6) is -2.44. The monoisotopic (exact) mass is 702 g/mol. The highest BCUT2D eigenvalue weighted by molar-refractivity contribution is 7.56. The van der Waals surface area contributed by atoms with E-state index in [1.165, 1.54) is 28.4 Å². The summed E-state index contributed by atoms with van der Waals surface area (Å²) in [7, 11) is 3.60. The van der Waals surface area contributed by atoms with Gasteiger partial charge in [0.25, 0.3) is 11.1 Å². The van der Waals surface area contributed by atoms with Gasteiger partial charge in [0.1, 0.15) is 5.82 Å². The molecule has 0 saturated heterocycles. The zero-order chi connectivity index (χ0) is 35.6. The van der Waals surface area contributed by atoms with Gasteiger partial charge in [0.05, 0.1) is 0 Å².